The molecule has 0 radical (unpaired) electrons. The van der Waals surface area contributed by atoms with Crippen LogP contribution in [0.1, 0.15) is 24.8 Å². The number of anilines is 1. The summed E-state index contributed by atoms with van der Waals surface area (Å²) in [6, 6.07) is 2.25. The van der Waals surface area contributed by atoms with Gasteiger partial charge in [0.25, 0.3) is 0 Å². The largest absolute Gasteiger partial charge is 0.417 e. The first-order valence-corrected chi connectivity index (χ1v) is 5.45. The molecule has 1 heterocycles. The maximum absolute atomic E-state index is 12.2. The van der Waals surface area contributed by atoms with E-state index in [2.05, 4.69) is 10.3 Å². The van der Waals surface area contributed by atoms with Crippen molar-refractivity contribution in [2.75, 3.05) is 11.9 Å². The minimum atomic E-state index is -4.37. The maximum atomic E-state index is 12.2. The molecule has 1 aromatic rings. The van der Waals surface area contributed by atoms with Gasteiger partial charge in [0.1, 0.15) is 5.82 Å². The van der Waals surface area contributed by atoms with Crippen molar-refractivity contribution in [3.8, 4) is 0 Å². The Kier molecular flexibility index (Phi) is 4.94. The smallest absolute Gasteiger partial charge is 0.370 e. The molecule has 0 aliphatic heterocycles. The average molecular weight is 261 g/mol. The molecule has 0 fully saturated rings. The van der Waals surface area contributed by atoms with Crippen LogP contribution >= 0.6 is 0 Å². The zero-order valence-corrected chi connectivity index (χ0v) is 9.63. The molecule has 0 saturated heterocycles. The van der Waals surface area contributed by atoms with Crippen molar-refractivity contribution < 1.29 is 18.0 Å². The van der Waals surface area contributed by atoms with Crippen LogP contribution in [-0.2, 0) is 11.0 Å². The molecule has 4 nitrogen and oxygen atoms in total. The van der Waals surface area contributed by atoms with Crippen LogP contribution in [0.5, 0.6) is 0 Å². The number of nitrogens with two attached hydrogens (primary N) is 1. The van der Waals surface area contributed by atoms with E-state index in [9.17, 15) is 18.0 Å². The van der Waals surface area contributed by atoms with E-state index in [0.717, 1.165) is 12.3 Å². The lowest BCUT2D eigenvalue weighted by Crippen LogP contribution is -2.11. The number of primary amides is 1. The summed E-state index contributed by atoms with van der Waals surface area (Å²) in [5.41, 5.74) is 4.19. The lowest BCUT2D eigenvalue weighted by Gasteiger charge is -2.08. The Morgan fingerprint density at radius 1 is 1.33 bits per heavy atom. The zero-order chi connectivity index (χ0) is 13.6. The molecule has 1 aromatic heterocycles. The Balaban J connectivity index is 2.33. The van der Waals surface area contributed by atoms with Crippen molar-refractivity contribution >= 4 is 11.7 Å². The predicted octanol–water partition coefficient (Wildman–Crippen LogP) is 2.17. The molecular formula is C11H14F3N3O. The number of amides is 1. The fraction of sp³-hybridized carbons (Fsp3) is 0.455. The Morgan fingerprint density at radius 3 is 2.56 bits per heavy atom. The number of halogens is 3. The first-order valence-electron chi connectivity index (χ1n) is 5.45. The van der Waals surface area contributed by atoms with Gasteiger partial charge < -0.3 is 11.1 Å². The zero-order valence-electron chi connectivity index (χ0n) is 9.63. The number of hydrogen-bond donors (Lipinski definition) is 2. The number of nitrogens with one attached hydrogen (secondary N) is 1. The van der Waals surface area contributed by atoms with Crippen LogP contribution in [-0.4, -0.2) is 17.4 Å². The quantitative estimate of drug-likeness (QED) is 0.771. The highest BCUT2D eigenvalue weighted by Gasteiger charge is 2.30. The van der Waals surface area contributed by atoms with Gasteiger partial charge in [-0.05, 0) is 25.0 Å². The van der Waals surface area contributed by atoms with Crippen molar-refractivity contribution in [2.24, 2.45) is 5.73 Å². The highest BCUT2D eigenvalue weighted by molar-refractivity contribution is 5.73. The third-order valence-electron chi connectivity index (χ3n) is 2.25. The van der Waals surface area contributed by atoms with Gasteiger partial charge in [-0.3, -0.25) is 4.79 Å². The van der Waals surface area contributed by atoms with Crippen molar-refractivity contribution in [3.63, 3.8) is 0 Å². The van der Waals surface area contributed by atoms with Crippen LogP contribution < -0.4 is 11.1 Å². The molecule has 0 aliphatic carbocycles. The predicted molar refractivity (Wildman–Crippen MR) is 60.8 cm³/mol. The van der Waals surface area contributed by atoms with Crippen LogP contribution in [0.15, 0.2) is 18.3 Å². The number of aromatic nitrogens is 1. The lowest BCUT2D eigenvalue weighted by molar-refractivity contribution is -0.137. The van der Waals surface area contributed by atoms with Crippen LogP contribution in [0.2, 0.25) is 0 Å². The van der Waals surface area contributed by atoms with Crippen LogP contribution in [0.4, 0.5) is 19.0 Å². The highest BCUT2D eigenvalue weighted by atomic mass is 19.4. The normalized spacial score (nSPS) is 11.3. The van der Waals surface area contributed by atoms with Gasteiger partial charge in [0.05, 0.1) is 5.56 Å². The van der Waals surface area contributed by atoms with E-state index >= 15 is 0 Å². The van der Waals surface area contributed by atoms with E-state index < -0.39 is 11.7 Å². The van der Waals surface area contributed by atoms with E-state index in [4.69, 9.17) is 5.73 Å². The summed E-state index contributed by atoms with van der Waals surface area (Å²) >= 11 is 0. The number of pyridine rings is 1. The second kappa shape index (κ2) is 6.23. The number of carbonyl (C=O) groups is 1. The first-order chi connectivity index (χ1) is 8.39. The maximum Gasteiger partial charge on any atom is 0.417 e. The molecule has 0 saturated carbocycles. The number of carbonyl (C=O) groups excluding carboxylic acids is 1. The minimum absolute atomic E-state index is 0.308. The summed E-state index contributed by atoms with van der Waals surface area (Å²) in [7, 11) is 0. The molecule has 0 unspecified atom stereocenters. The van der Waals surface area contributed by atoms with E-state index in [1.807, 2.05) is 0 Å². The van der Waals surface area contributed by atoms with Gasteiger partial charge in [0.15, 0.2) is 0 Å². The Bertz CT molecular complexity index is 390. The molecule has 100 valence electrons. The Labute approximate surface area is 102 Å². The van der Waals surface area contributed by atoms with Gasteiger partial charge in [0.2, 0.25) is 5.91 Å². The van der Waals surface area contributed by atoms with E-state index in [-0.39, 0.29) is 5.91 Å². The number of alkyl halides is 3. The topological polar surface area (TPSA) is 68.0 Å². The van der Waals surface area contributed by atoms with Gasteiger partial charge in [-0.15, -0.1) is 0 Å². The number of rotatable bonds is 6. The van der Waals surface area contributed by atoms with Gasteiger partial charge >= 0.3 is 6.18 Å². The van der Waals surface area contributed by atoms with E-state index in [0.29, 0.717) is 31.6 Å². The average Bonchev–Trinajstić information content (AvgIpc) is 2.27. The van der Waals surface area contributed by atoms with Crippen molar-refractivity contribution in [1.29, 1.82) is 0 Å². The molecule has 3 N–H and O–H groups in total. The van der Waals surface area contributed by atoms with Crippen LogP contribution in [0, 0.1) is 0 Å². The third-order valence-corrected chi connectivity index (χ3v) is 2.25. The molecule has 0 bridgehead atoms. The molecular weight excluding hydrogens is 247 g/mol. The standard InChI is InChI=1S/C11H14F3N3O/c12-11(13,14)8-4-5-10(17-7-8)16-6-2-1-3-9(15)18/h4-5,7H,1-3,6H2,(H2,15,18)(H,16,17). The van der Waals surface area contributed by atoms with Crippen molar-refractivity contribution in [3.05, 3.63) is 23.9 Å². The summed E-state index contributed by atoms with van der Waals surface area (Å²) < 4.78 is 36.7. The minimum Gasteiger partial charge on any atom is -0.370 e. The monoisotopic (exact) mass is 261 g/mol. The third kappa shape index (κ3) is 5.03. The summed E-state index contributed by atoms with van der Waals surface area (Å²) in [6.07, 6.45) is -1.94. The van der Waals surface area contributed by atoms with E-state index in [1.165, 1.54) is 6.07 Å². The molecule has 0 spiro atoms. The van der Waals surface area contributed by atoms with Crippen molar-refractivity contribution in [1.82, 2.24) is 4.98 Å². The SMILES string of the molecule is NC(=O)CCCCNc1ccc(C(F)(F)F)cn1. The fourth-order valence-corrected chi connectivity index (χ4v) is 1.31. The molecule has 1 rings (SSSR count). The van der Waals surface area contributed by atoms with Gasteiger partial charge in [-0.1, -0.05) is 0 Å². The molecule has 7 heteroatoms. The van der Waals surface area contributed by atoms with Gasteiger partial charge in [-0.2, -0.15) is 13.2 Å². The van der Waals surface area contributed by atoms with Crippen LogP contribution in [0.3, 0.4) is 0 Å². The number of nitrogens with zero attached hydrogens (tertiary/aromatic N) is 1. The number of unbranched alkanes of at least 4 members (excludes halogenated alkanes) is 1. The van der Waals surface area contributed by atoms with Gasteiger partial charge in [0, 0.05) is 19.2 Å². The molecule has 18 heavy (non-hydrogen) atoms. The summed E-state index contributed by atoms with van der Waals surface area (Å²) in [6.45, 7) is 0.533. The summed E-state index contributed by atoms with van der Waals surface area (Å²) in [5.74, 6) is 0.0183. The van der Waals surface area contributed by atoms with Crippen molar-refractivity contribution in [2.45, 2.75) is 25.4 Å². The molecule has 0 atom stereocenters. The Morgan fingerprint density at radius 2 is 2.06 bits per heavy atom. The lowest BCUT2D eigenvalue weighted by atomic mass is 10.2. The summed E-state index contributed by atoms with van der Waals surface area (Å²) in [5, 5.41) is 2.87. The second-order valence-electron chi connectivity index (χ2n) is 3.78. The molecule has 0 aromatic carbocycles. The fourth-order valence-electron chi connectivity index (χ4n) is 1.31. The second-order valence-corrected chi connectivity index (χ2v) is 3.78. The Hall–Kier alpha value is -1.79. The summed E-state index contributed by atoms with van der Waals surface area (Å²) in [4.78, 5) is 14.1. The van der Waals surface area contributed by atoms with E-state index in [1.54, 1.807) is 0 Å². The molecule has 1 amide bonds. The number of hydrogen-bond acceptors (Lipinski definition) is 3. The molecule has 0 aliphatic rings. The highest BCUT2D eigenvalue weighted by Crippen LogP contribution is 2.28. The first kappa shape index (κ1) is 14.3. The van der Waals surface area contributed by atoms with Gasteiger partial charge in [-0.25, -0.2) is 4.98 Å². The van der Waals surface area contributed by atoms with Crippen LogP contribution in [0.25, 0.3) is 0 Å².